The van der Waals surface area contributed by atoms with E-state index in [0.29, 0.717) is 5.41 Å². The lowest BCUT2D eigenvalue weighted by Crippen LogP contribution is -2.36. The van der Waals surface area contributed by atoms with E-state index in [9.17, 15) is 4.79 Å². The van der Waals surface area contributed by atoms with Crippen LogP contribution in [0.15, 0.2) is 24.3 Å². The Morgan fingerprint density at radius 3 is 2.04 bits per heavy atom. The molecule has 0 aliphatic carbocycles. The Hall–Kier alpha value is -1.51. The zero-order valence-electron chi connectivity index (χ0n) is 15.2. The molecule has 0 unspecified atom stereocenters. The van der Waals surface area contributed by atoms with Gasteiger partial charge >= 0.3 is 5.97 Å². The van der Waals surface area contributed by atoms with E-state index in [2.05, 4.69) is 63.8 Å². The van der Waals surface area contributed by atoms with E-state index in [1.807, 2.05) is 0 Å². The molecule has 3 nitrogen and oxygen atoms in total. The van der Waals surface area contributed by atoms with Crippen molar-refractivity contribution in [1.29, 1.82) is 0 Å². The van der Waals surface area contributed by atoms with Gasteiger partial charge in [0, 0.05) is 18.8 Å². The molecule has 23 heavy (non-hydrogen) atoms. The Balaban J connectivity index is 2.04. The minimum Gasteiger partial charge on any atom is -0.481 e. The number of benzene rings is 1. The van der Waals surface area contributed by atoms with E-state index in [1.165, 1.54) is 11.3 Å². The van der Waals surface area contributed by atoms with Crippen LogP contribution in [0.2, 0.25) is 0 Å². The fourth-order valence-electron chi connectivity index (χ4n) is 3.94. The fourth-order valence-corrected chi connectivity index (χ4v) is 3.94. The monoisotopic (exact) mass is 317 g/mol. The molecular formula is C20H31NO2. The maximum atomic E-state index is 11.0. The van der Waals surface area contributed by atoms with Crippen LogP contribution >= 0.6 is 0 Å². The van der Waals surface area contributed by atoms with Gasteiger partial charge in [0.1, 0.15) is 0 Å². The van der Waals surface area contributed by atoms with Crippen molar-refractivity contribution >= 4 is 11.7 Å². The van der Waals surface area contributed by atoms with E-state index >= 15 is 0 Å². The number of hydrogen-bond acceptors (Lipinski definition) is 2. The van der Waals surface area contributed by atoms with E-state index in [0.717, 1.165) is 32.4 Å². The summed E-state index contributed by atoms with van der Waals surface area (Å²) in [5.74, 6) is -0.819. The first-order chi connectivity index (χ1) is 10.6. The van der Waals surface area contributed by atoms with Crippen molar-refractivity contribution in [3.63, 3.8) is 0 Å². The van der Waals surface area contributed by atoms with Gasteiger partial charge in [-0.1, -0.05) is 46.8 Å². The first-order valence-electron chi connectivity index (χ1n) is 8.67. The zero-order chi connectivity index (χ0) is 17.3. The van der Waals surface area contributed by atoms with Crippen molar-refractivity contribution < 1.29 is 9.90 Å². The molecule has 0 atom stereocenters. The highest BCUT2D eigenvalue weighted by Gasteiger charge is 2.28. The van der Waals surface area contributed by atoms with Crippen molar-refractivity contribution in [2.45, 2.75) is 59.3 Å². The second-order valence-corrected chi connectivity index (χ2v) is 8.77. The average molecular weight is 317 g/mol. The summed E-state index contributed by atoms with van der Waals surface area (Å²) in [6.07, 6.45) is 2.63. The van der Waals surface area contributed by atoms with Crippen LogP contribution in [-0.4, -0.2) is 24.2 Å². The Morgan fingerprint density at radius 1 is 1.09 bits per heavy atom. The molecule has 1 heterocycles. The number of aliphatic carboxylic acids is 1. The number of rotatable bonds is 4. The summed E-state index contributed by atoms with van der Waals surface area (Å²) in [6, 6.07) is 8.87. The minimum atomic E-state index is -0.649. The number of nitrogens with zero attached hydrogens (tertiary/aromatic N) is 1. The fraction of sp³-hybridized carbons (Fsp3) is 0.650. The van der Waals surface area contributed by atoms with Gasteiger partial charge in [0.15, 0.2) is 0 Å². The second kappa shape index (κ2) is 6.54. The average Bonchev–Trinajstić information content (AvgIpc) is 2.45. The minimum absolute atomic E-state index is 0.160. The number of carboxylic acids is 1. The molecule has 2 rings (SSSR count). The van der Waals surface area contributed by atoms with Gasteiger partial charge in [-0.05, 0) is 47.8 Å². The van der Waals surface area contributed by atoms with Gasteiger partial charge in [-0.3, -0.25) is 4.79 Å². The Morgan fingerprint density at radius 2 is 1.61 bits per heavy atom. The third-order valence-corrected chi connectivity index (χ3v) is 4.83. The van der Waals surface area contributed by atoms with Gasteiger partial charge in [-0.25, -0.2) is 0 Å². The first-order valence-corrected chi connectivity index (χ1v) is 8.67. The van der Waals surface area contributed by atoms with Crippen LogP contribution < -0.4 is 4.90 Å². The predicted octanol–water partition coefficient (Wildman–Crippen LogP) is 4.70. The standard InChI is InChI=1S/C20H31NO2/c1-19(2,3)14-20(4,5)16-6-8-17(9-7-16)21-12-10-15(11-13-21)18(22)23/h6-9,15H,10-14H2,1-5H3,(H,22,23). The van der Waals surface area contributed by atoms with E-state index in [1.54, 1.807) is 0 Å². The summed E-state index contributed by atoms with van der Waals surface area (Å²) < 4.78 is 0. The molecule has 1 aliphatic heterocycles. The van der Waals surface area contributed by atoms with Gasteiger partial charge in [0.25, 0.3) is 0 Å². The molecule has 0 aromatic heterocycles. The molecule has 3 heteroatoms. The smallest absolute Gasteiger partial charge is 0.306 e. The first kappa shape index (κ1) is 17.8. The number of hydrogen-bond donors (Lipinski definition) is 1. The van der Waals surface area contributed by atoms with Crippen LogP contribution in [-0.2, 0) is 10.2 Å². The molecule has 128 valence electrons. The molecule has 1 aliphatic rings. The van der Waals surface area contributed by atoms with Crippen molar-refractivity contribution in [3.05, 3.63) is 29.8 Å². The number of piperidine rings is 1. The van der Waals surface area contributed by atoms with Gasteiger partial charge in [0.2, 0.25) is 0 Å². The summed E-state index contributed by atoms with van der Waals surface area (Å²) in [5.41, 5.74) is 3.05. The van der Waals surface area contributed by atoms with Gasteiger partial charge in [-0.2, -0.15) is 0 Å². The predicted molar refractivity (Wildman–Crippen MR) is 96.1 cm³/mol. The SMILES string of the molecule is CC(C)(C)CC(C)(C)c1ccc(N2CCC(C(=O)O)CC2)cc1. The van der Waals surface area contributed by atoms with Crippen molar-refractivity contribution in [1.82, 2.24) is 0 Å². The van der Waals surface area contributed by atoms with Gasteiger partial charge in [-0.15, -0.1) is 0 Å². The molecule has 1 N–H and O–H groups in total. The highest BCUT2D eigenvalue weighted by molar-refractivity contribution is 5.70. The Kier molecular flexibility index (Phi) is 5.07. The van der Waals surface area contributed by atoms with E-state index in [4.69, 9.17) is 5.11 Å². The molecule has 0 bridgehead atoms. The molecular weight excluding hydrogens is 286 g/mol. The van der Waals surface area contributed by atoms with Crippen molar-refractivity contribution in [2.75, 3.05) is 18.0 Å². The molecule has 1 fully saturated rings. The van der Waals surface area contributed by atoms with E-state index in [-0.39, 0.29) is 11.3 Å². The maximum absolute atomic E-state index is 11.0. The van der Waals surface area contributed by atoms with Crippen LogP contribution in [0.4, 0.5) is 5.69 Å². The summed E-state index contributed by atoms with van der Waals surface area (Å²) in [7, 11) is 0. The lowest BCUT2D eigenvalue weighted by Gasteiger charge is -2.34. The number of carbonyl (C=O) groups is 1. The summed E-state index contributed by atoms with van der Waals surface area (Å²) in [6.45, 7) is 13.2. The lowest BCUT2D eigenvalue weighted by molar-refractivity contribution is -0.142. The summed E-state index contributed by atoms with van der Waals surface area (Å²) >= 11 is 0. The molecule has 1 aromatic carbocycles. The van der Waals surface area contributed by atoms with Crippen molar-refractivity contribution in [2.24, 2.45) is 11.3 Å². The molecule has 0 saturated carbocycles. The van der Waals surface area contributed by atoms with Crippen LogP contribution in [0, 0.1) is 11.3 Å². The van der Waals surface area contributed by atoms with Crippen LogP contribution in [0.3, 0.4) is 0 Å². The molecule has 0 spiro atoms. The van der Waals surface area contributed by atoms with Gasteiger partial charge < -0.3 is 10.0 Å². The highest BCUT2D eigenvalue weighted by atomic mass is 16.4. The molecule has 1 aromatic rings. The van der Waals surface area contributed by atoms with Gasteiger partial charge in [0.05, 0.1) is 5.92 Å². The Labute approximate surface area is 140 Å². The molecule has 0 amide bonds. The molecule has 0 radical (unpaired) electrons. The van der Waals surface area contributed by atoms with Crippen LogP contribution in [0.25, 0.3) is 0 Å². The van der Waals surface area contributed by atoms with E-state index < -0.39 is 5.97 Å². The lowest BCUT2D eigenvalue weighted by atomic mass is 9.72. The number of anilines is 1. The van der Waals surface area contributed by atoms with Crippen molar-refractivity contribution in [3.8, 4) is 0 Å². The summed E-state index contributed by atoms with van der Waals surface area (Å²) in [5, 5.41) is 9.10. The van der Waals surface area contributed by atoms with Crippen LogP contribution in [0.5, 0.6) is 0 Å². The number of carboxylic acid groups (broad SMARTS) is 1. The molecule has 1 saturated heterocycles. The zero-order valence-corrected chi connectivity index (χ0v) is 15.2. The summed E-state index contributed by atoms with van der Waals surface area (Å²) in [4.78, 5) is 13.4. The Bertz CT molecular complexity index is 532. The highest BCUT2D eigenvalue weighted by Crippen LogP contribution is 2.37. The van der Waals surface area contributed by atoms with Crippen LogP contribution in [0.1, 0.15) is 59.4 Å². The normalized spacial score (nSPS) is 17.3. The maximum Gasteiger partial charge on any atom is 0.306 e. The second-order valence-electron chi connectivity index (χ2n) is 8.77. The third-order valence-electron chi connectivity index (χ3n) is 4.83. The third kappa shape index (κ3) is 4.73. The quantitative estimate of drug-likeness (QED) is 0.875. The largest absolute Gasteiger partial charge is 0.481 e. The topological polar surface area (TPSA) is 40.5 Å².